The number of rotatable bonds is 14. The van der Waals surface area contributed by atoms with Gasteiger partial charge in [0.2, 0.25) is 0 Å². The van der Waals surface area contributed by atoms with Crippen LogP contribution in [0, 0.1) is 16.7 Å². The monoisotopic (exact) mass is 563 g/mol. The summed E-state index contributed by atoms with van der Waals surface area (Å²) in [5.41, 5.74) is -1.44. The van der Waals surface area contributed by atoms with Gasteiger partial charge in [-0.15, -0.1) is 0 Å². The van der Waals surface area contributed by atoms with Gasteiger partial charge in [0.05, 0.1) is 36.7 Å². The number of fused-ring (bicyclic) bond motifs is 2. The lowest BCUT2D eigenvalue weighted by Crippen LogP contribution is -2.40. The van der Waals surface area contributed by atoms with Crippen LogP contribution >= 0.6 is 0 Å². The van der Waals surface area contributed by atoms with Crippen molar-refractivity contribution < 1.29 is 33.8 Å². The van der Waals surface area contributed by atoms with Gasteiger partial charge in [-0.2, -0.15) is 0 Å². The van der Waals surface area contributed by atoms with Crippen molar-refractivity contribution in [3.63, 3.8) is 0 Å². The number of carbonyl (C=O) groups excluding carboxylic acids is 3. The third kappa shape index (κ3) is 7.91. The summed E-state index contributed by atoms with van der Waals surface area (Å²) in [5.74, 6) is -2.09. The second-order valence-corrected chi connectivity index (χ2v) is 11.4. The van der Waals surface area contributed by atoms with E-state index in [-0.39, 0.29) is 26.1 Å². The van der Waals surface area contributed by atoms with Crippen LogP contribution in [0.4, 0.5) is 0 Å². The number of hydrogen-bond acceptors (Lipinski definition) is 8. The predicted octanol–water partition coefficient (Wildman–Crippen LogP) is 6.20. The topological polar surface area (TPSA) is 111 Å². The zero-order valence-electron chi connectivity index (χ0n) is 24.6. The van der Waals surface area contributed by atoms with Crippen LogP contribution in [0.5, 0.6) is 0 Å². The molecule has 0 radical (unpaired) electrons. The Bertz CT molecular complexity index is 1340. The Labute approximate surface area is 241 Å². The van der Waals surface area contributed by atoms with E-state index in [4.69, 9.17) is 19.4 Å². The van der Waals surface area contributed by atoms with Gasteiger partial charge in [-0.1, -0.05) is 60.6 Å². The summed E-state index contributed by atoms with van der Waals surface area (Å²) in [7, 11) is 1.29. The molecule has 8 heteroatoms. The van der Waals surface area contributed by atoms with Crippen LogP contribution in [0.25, 0.3) is 21.5 Å². The summed E-state index contributed by atoms with van der Waals surface area (Å²) in [5, 5.41) is 17.1. The Morgan fingerprint density at radius 1 is 0.951 bits per heavy atom. The van der Waals surface area contributed by atoms with E-state index in [0.717, 1.165) is 27.1 Å². The minimum atomic E-state index is -1.16. The molecule has 2 unspecified atom stereocenters. The van der Waals surface area contributed by atoms with Crippen molar-refractivity contribution in [1.29, 1.82) is 0 Å². The van der Waals surface area contributed by atoms with Gasteiger partial charge in [0.1, 0.15) is 0 Å². The molecule has 220 valence electrons. The first-order valence-electron chi connectivity index (χ1n) is 14.1. The molecule has 8 nitrogen and oxygen atoms in total. The summed E-state index contributed by atoms with van der Waals surface area (Å²) in [6.07, 6.45) is 3.33. The van der Waals surface area contributed by atoms with E-state index in [9.17, 15) is 14.4 Å². The highest BCUT2D eigenvalue weighted by atomic mass is 16.7. The molecule has 0 saturated carbocycles. The number of carbonyl (C=O) groups is 3. The Hall–Kier alpha value is -3.78. The molecule has 0 bridgehead atoms. The van der Waals surface area contributed by atoms with Crippen LogP contribution < -0.4 is 0 Å². The second kappa shape index (κ2) is 14.2. The third-order valence-corrected chi connectivity index (χ3v) is 7.51. The molecular weight excluding hydrogens is 522 g/mol. The molecule has 0 saturated heterocycles. The summed E-state index contributed by atoms with van der Waals surface area (Å²) < 4.78 is 10.5. The fourth-order valence-electron chi connectivity index (χ4n) is 5.40. The van der Waals surface area contributed by atoms with Crippen molar-refractivity contribution in [2.75, 3.05) is 20.3 Å². The highest BCUT2D eigenvalue weighted by Gasteiger charge is 2.46. The number of ether oxygens (including phenoxy) is 2. The van der Waals surface area contributed by atoms with Crippen LogP contribution in [0.15, 0.2) is 59.8 Å². The van der Waals surface area contributed by atoms with E-state index >= 15 is 0 Å². The Balaban J connectivity index is 1.78. The van der Waals surface area contributed by atoms with E-state index < -0.39 is 34.7 Å². The molecule has 0 aromatic heterocycles. The molecule has 0 fully saturated rings. The predicted molar refractivity (Wildman–Crippen MR) is 159 cm³/mol. The highest BCUT2D eigenvalue weighted by Crippen LogP contribution is 2.41. The van der Waals surface area contributed by atoms with E-state index in [1.165, 1.54) is 7.11 Å². The molecule has 3 rings (SSSR count). The van der Waals surface area contributed by atoms with E-state index in [2.05, 4.69) is 11.2 Å². The summed E-state index contributed by atoms with van der Waals surface area (Å²) >= 11 is 0. The standard InChI is InChI=1S/C33H41NO7/c1-6-23(29(36)40-18-12-11-17-35)20-33(4,31(38)39-5)22-32(2,3)30(37)41-34-21-28-26-15-9-7-13-24(26)19-25-14-8-10-16-27(25)28/h7-10,13-16,19,21,23,35H,6,11-12,17-18,20,22H2,1-5H3. The maximum absolute atomic E-state index is 13.3. The molecule has 1 N–H and O–H groups in total. The van der Waals surface area contributed by atoms with Crippen LogP contribution in [-0.2, 0) is 28.7 Å². The average Bonchev–Trinajstić information content (AvgIpc) is 2.96. The molecule has 41 heavy (non-hydrogen) atoms. The Morgan fingerprint density at radius 2 is 1.56 bits per heavy atom. The van der Waals surface area contributed by atoms with Gasteiger partial charge in [-0.3, -0.25) is 9.59 Å². The van der Waals surface area contributed by atoms with Gasteiger partial charge in [0.15, 0.2) is 0 Å². The van der Waals surface area contributed by atoms with Crippen molar-refractivity contribution in [2.24, 2.45) is 21.9 Å². The van der Waals surface area contributed by atoms with Gasteiger partial charge in [-0.25, -0.2) is 4.79 Å². The van der Waals surface area contributed by atoms with E-state index in [1.807, 2.05) is 55.5 Å². The third-order valence-electron chi connectivity index (χ3n) is 7.51. The maximum atomic E-state index is 13.3. The molecule has 0 amide bonds. The van der Waals surface area contributed by atoms with Crippen molar-refractivity contribution in [3.05, 3.63) is 60.2 Å². The smallest absolute Gasteiger partial charge is 0.340 e. The molecule has 0 aliphatic rings. The van der Waals surface area contributed by atoms with Crippen LogP contribution in [0.1, 0.15) is 65.4 Å². The largest absolute Gasteiger partial charge is 0.469 e. The molecule has 0 aliphatic heterocycles. The Kier molecular flexibility index (Phi) is 11.0. The minimum Gasteiger partial charge on any atom is -0.469 e. The molecule has 2 atom stereocenters. The highest BCUT2D eigenvalue weighted by molar-refractivity contribution is 6.13. The van der Waals surface area contributed by atoms with Gasteiger partial charge >= 0.3 is 17.9 Å². The minimum absolute atomic E-state index is 0.0307. The fourth-order valence-corrected chi connectivity index (χ4v) is 5.40. The molecule has 0 heterocycles. The summed E-state index contributed by atoms with van der Waals surface area (Å²) in [4.78, 5) is 44.4. The number of unbranched alkanes of at least 4 members (excludes halogenated alkanes) is 1. The van der Waals surface area contributed by atoms with Crippen molar-refractivity contribution in [2.45, 2.75) is 59.8 Å². The summed E-state index contributed by atoms with van der Waals surface area (Å²) in [6, 6.07) is 18.0. The first-order chi connectivity index (χ1) is 19.6. The SMILES string of the molecule is CCC(CC(C)(CC(C)(C)C(=O)ON=Cc1c2ccccc2cc2ccccc12)C(=O)OC)C(=O)OCCCCO. The fraction of sp³-hybridized carbons (Fsp3) is 0.455. The van der Waals surface area contributed by atoms with Crippen molar-refractivity contribution in [3.8, 4) is 0 Å². The normalized spacial score (nSPS) is 14.1. The first kappa shape index (κ1) is 31.7. The van der Waals surface area contributed by atoms with Crippen LogP contribution in [0.3, 0.4) is 0 Å². The quantitative estimate of drug-likeness (QED) is 0.0621. The molecule has 3 aromatic carbocycles. The van der Waals surface area contributed by atoms with Gasteiger partial charge in [0, 0.05) is 12.2 Å². The number of nitrogens with zero attached hydrogens (tertiary/aromatic N) is 1. The lowest BCUT2D eigenvalue weighted by molar-refractivity contribution is -0.163. The van der Waals surface area contributed by atoms with Crippen LogP contribution in [0.2, 0.25) is 0 Å². The number of aliphatic hydroxyl groups excluding tert-OH is 1. The van der Waals surface area contributed by atoms with E-state index in [1.54, 1.807) is 27.0 Å². The number of benzene rings is 3. The number of aliphatic hydroxyl groups is 1. The van der Waals surface area contributed by atoms with Crippen molar-refractivity contribution in [1.82, 2.24) is 0 Å². The summed E-state index contributed by atoms with van der Waals surface area (Å²) in [6.45, 7) is 7.15. The number of hydrogen-bond donors (Lipinski definition) is 1. The van der Waals surface area contributed by atoms with Crippen LogP contribution in [-0.4, -0.2) is 49.6 Å². The number of esters is 2. The Morgan fingerprint density at radius 3 is 2.12 bits per heavy atom. The lowest BCUT2D eigenvalue weighted by Gasteiger charge is -2.35. The van der Waals surface area contributed by atoms with E-state index in [0.29, 0.717) is 19.3 Å². The zero-order valence-corrected chi connectivity index (χ0v) is 24.6. The zero-order chi connectivity index (χ0) is 30.0. The number of methoxy groups -OCH3 is 1. The average molecular weight is 564 g/mol. The number of oxime groups is 1. The molecule has 0 aliphatic carbocycles. The first-order valence-corrected chi connectivity index (χ1v) is 14.1. The molecule has 0 spiro atoms. The van der Waals surface area contributed by atoms with Gasteiger partial charge < -0.3 is 19.4 Å². The molecule has 3 aromatic rings. The van der Waals surface area contributed by atoms with Gasteiger partial charge in [-0.05, 0) is 80.5 Å². The van der Waals surface area contributed by atoms with Gasteiger partial charge in [0.25, 0.3) is 0 Å². The lowest BCUT2D eigenvalue weighted by atomic mass is 9.69. The van der Waals surface area contributed by atoms with Crippen molar-refractivity contribution >= 4 is 45.7 Å². The maximum Gasteiger partial charge on any atom is 0.340 e. The molecular formula is C33H41NO7. The second-order valence-electron chi connectivity index (χ2n) is 11.4.